The maximum atomic E-state index is 4.47. The molecule has 1 atom stereocenters. The van der Waals surface area contributed by atoms with Crippen LogP contribution >= 0.6 is 15.9 Å². The molecule has 0 radical (unpaired) electrons. The molecule has 0 saturated carbocycles. The molecule has 18 heavy (non-hydrogen) atoms. The molecule has 1 fully saturated rings. The number of hydrogen-bond donors (Lipinski definition) is 1. The fourth-order valence-electron chi connectivity index (χ4n) is 2.49. The smallest absolute Gasteiger partial charge is 0.0544 e. The van der Waals surface area contributed by atoms with Gasteiger partial charge in [-0.3, -0.25) is 9.88 Å². The van der Waals surface area contributed by atoms with Crippen molar-refractivity contribution in [2.24, 2.45) is 0 Å². The molecule has 4 heteroatoms. The SMILES string of the molecule is CCCC1CN(Cc2ccc(Br)cn2)CCCN1. The van der Waals surface area contributed by atoms with Crippen molar-refractivity contribution in [2.75, 3.05) is 19.6 Å². The van der Waals surface area contributed by atoms with E-state index in [0.29, 0.717) is 6.04 Å². The van der Waals surface area contributed by atoms with E-state index in [2.05, 4.69) is 50.2 Å². The van der Waals surface area contributed by atoms with Gasteiger partial charge in [-0.15, -0.1) is 0 Å². The standard InChI is InChI=1S/C14H22BrN3/c1-2-4-13-10-18(8-3-7-16-13)11-14-6-5-12(15)9-17-14/h5-6,9,13,16H,2-4,7-8,10-11H2,1H3. The Morgan fingerprint density at radius 1 is 1.50 bits per heavy atom. The Morgan fingerprint density at radius 2 is 2.39 bits per heavy atom. The summed E-state index contributed by atoms with van der Waals surface area (Å²) in [6.07, 6.45) is 5.64. The van der Waals surface area contributed by atoms with Gasteiger partial charge in [0.15, 0.2) is 0 Å². The Balaban J connectivity index is 1.92. The molecule has 2 rings (SSSR count). The monoisotopic (exact) mass is 311 g/mol. The zero-order valence-electron chi connectivity index (χ0n) is 11.0. The third-order valence-electron chi connectivity index (χ3n) is 3.37. The molecule has 0 aliphatic carbocycles. The molecule has 100 valence electrons. The molecular formula is C14H22BrN3. The average molecular weight is 312 g/mol. The van der Waals surface area contributed by atoms with Crippen LogP contribution in [0.3, 0.4) is 0 Å². The fourth-order valence-corrected chi connectivity index (χ4v) is 2.73. The lowest BCUT2D eigenvalue weighted by molar-refractivity contribution is 0.252. The molecule has 1 aliphatic rings. The van der Waals surface area contributed by atoms with E-state index in [1.54, 1.807) is 0 Å². The predicted molar refractivity (Wildman–Crippen MR) is 78.5 cm³/mol. The molecule has 0 amide bonds. The van der Waals surface area contributed by atoms with Gasteiger partial charge >= 0.3 is 0 Å². The van der Waals surface area contributed by atoms with E-state index in [-0.39, 0.29) is 0 Å². The first-order valence-corrected chi connectivity index (χ1v) is 7.63. The maximum absolute atomic E-state index is 4.47. The lowest BCUT2D eigenvalue weighted by Crippen LogP contribution is -2.37. The first-order valence-electron chi connectivity index (χ1n) is 6.84. The molecule has 1 saturated heterocycles. The van der Waals surface area contributed by atoms with Crippen molar-refractivity contribution in [3.63, 3.8) is 0 Å². The van der Waals surface area contributed by atoms with Crippen LogP contribution in [0.15, 0.2) is 22.8 Å². The van der Waals surface area contributed by atoms with E-state index < -0.39 is 0 Å². The van der Waals surface area contributed by atoms with Gasteiger partial charge in [0.05, 0.1) is 5.69 Å². The van der Waals surface area contributed by atoms with Gasteiger partial charge in [-0.05, 0) is 54.0 Å². The number of aromatic nitrogens is 1. The zero-order chi connectivity index (χ0) is 12.8. The lowest BCUT2D eigenvalue weighted by Gasteiger charge is -2.23. The number of halogens is 1. The highest BCUT2D eigenvalue weighted by molar-refractivity contribution is 9.10. The first-order chi connectivity index (χ1) is 8.78. The summed E-state index contributed by atoms with van der Waals surface area (Å²) in [5.41, 5.74) is 1.16. The minimum atomic E-state index is 0.646. The summed E-state index contributed by atoms with van der Waals surface area (Å²) in [5.74, 6) is 0. The van der Waals surface area contributed by atoms with Crippen molar-refractivity contribution < 1.29 is 0 Å². The molecule has 1 aromatic rings. The first kappa shape index (κ1) is 14.0. The van der Waals surface area contributed by atoms with Gasteiger partial charge in [0.25, 0.3) is 0 Å². The maximum Gasteiger partial charge on any atom is 0.0544 e. The zero-order valence-corrected chi connectivity index (χ0v) is 12.6. The molecule has 1 aliphatic heterocycles. The summed E-state index contributed by atoms with van der Waals surface area (Å²) in [5, 5.41) is 3.64. The van der Waals surface area contributed by atoms with Crippen LogP contribution in [0, 0.1) is 0 Å². The molecule has 1 aromatic heterocycles. The van der Waals surface area contributed by atoms with E-state index in [4.69, 9.17) is 0 Å². The van der Waals surface area contributed by atoms with Crippen molar-refractivity contribution in [3.05, 3.63) is 28.5 Å². The molecule has 0 bridgehead atoms. The van der Waals surface area contributed by atoms with Gasteiger partial charge in [-0.25, -0.2) is 0 Å². The second-order valence-corrected chi connectivity index (χ2v) is 5.91. The molecular weight excluding hydrogens is 290 g/mol. The van der Waals surface area contributed by atoms with E-state index in [1.807, 2.05) is 6.20 Å². The van der Waals surface area contributed by atoms with E-state index >= 15 is 0 Å². The van der Waals surface area contributed by atoms with Crippen LogP contribution < -0.4 is 5.32 Å². The number of nitrogens with zero attached hydrogens (tertiary/aromatic N) is 2. The Morgan fingerprint density at radius 3 is 3.11 bits per heavy atom. The van der Waals surface area contributed by atoms with Crippen molar-refractivity contribution >= 4 is 15.9 Å². The third kappa shape index (κ3) is 4.34. The van der Waals surface area contributed by atoms with E-state index in [1.165, 1.54) is 25.8 Å². The molecule has 1 N–H and O–H groups in total. The molecule has 3 nitrogen and oxygen atoms in total. The van der Waals surface area contributed by atoms with Crippen LogP contribution in [-0.2, 0) is 6.54 Å². The summed E-state index contributed by atoms with van der Waals surface area (Å²) in [7, 11) is 0. The largest absolute Gasteiger partial charge is 0.313 e. The normalized spacial score (nSPS) is 21.8. The second kappa shape index (κ2) is 7.22. The highest BCUT2D eigenvalue weighted by Gasteiger charge is 2.17. The third-order valence-corrected chi connectivity index (χ3v) is 3.84. The minimum absolute atomic E-state index is 0.646. The van der Waals surface area contributed by atoms with Crippen molar-refractivity contribution in [2.45, 2.75) is 38.8 Å². The Hall–Kier alpha value is -0.450. The van der Waals surface area contributed by atoms with Crippen LogP contribution in [0.1, 0.15) is 31.9 Å². The van der Waals surface area contributed by atoms with Crippen LogP contribution in [0.25, 0.3) is 0 Å². The van der Waals surface area contributed by atoms with Crippen LogP contribution in [-0.4, -0.2) is 35.6 Å². The summed E-state index contributed by atoms with van der Waals surface area (Å²) < 4.78 is 1.05. The Bertz CT molecular complexity index is 353. The summed E-state index contributed by atoms with van der Waals surface area (Å²) >= 11 is 3.43. The van der Waals surface area contributed by atoms with Gasteiger partial charge in [0, 0.05) is 29.8 Å². The molecule has 2 heterocycles. The second-order valence-electron chi connectivity index (χ2n) is 5.00. The van der Waals surface area contributed by atoms with Crippen LogP contribution in [0.2, 0.25) is 0 Å². The van der Waals surface area contributed by atoms with Crippen molar-refractivity contribution in [1.82, 2.24) is 15.2 Å². The number of nitrogens with one attached hydrogen (secondary N) is 1. The highest BCUT2D eigenvalue weighted by atomic mass is 79.9. The van der Waals surface area contributed by atoms with Crippen molar-refractivity contribution in [3.8, 4) is 0 Å². The summed E-state index contributed by atoms with van der Waals surface area (Å²) in [4.78, 5) is 6.99. The minimum Gasteiger partial charge on any atom is -0.313 e. The van der Waals surface area contributed by atoms with Crippen molar-refractivity contribution in [1.29, 1.82) is 0 Å². The van der Waals surface area contributed by atoms with Gasteiger partial charge < -0.3 is 5.32 Å². The van der Waals surface area contributed by atoms with Gasteiger partial charge in [0.1, 0.15) is 0 Å². The van der Waals surface area contributed by atoms with E-state index in [9.17, 15) is 0 Å². The molecule has 0 aromatic carbocycles. The van der Waals surface area contributed by atoms with Gasteiger partial charge in [-0.1, -0.05) is 13.3 Å². The van der Waals surface area contributed by atoms with Crippen LogP contribution in [0.4, 0.5) is 0 Å². The number of hydrogen-bond acceptors (Lipinski definition) is 3. The number of rotatable bonds is 4. The lowest BCUT2D eigenvalue weighted by atomic mass is 10.1. The highest BCUT2D eigenvalue weighted by Crippen LogP contribution is 2.12. The molecule has 0 spiro atoms. The van der Waals surface area contributed by atoms with Crippen LogP contribution in [0.5, 0.6) is 0 Å². The average Bonchev–Trinajstić information content (AvgIpc) is 2.58. The molecule has 1 unspecified atom stereocenters. The van der Waals surface area contributed by atoms with Gasteiger partial charge in [0.2, 0.25) is 0 Å². The topological polar surface area (TPSA) is 28.2 Å². The van der Waals surface area contributed by atoms with Gasteiger partial charge in [-0.2, -0.15) is 0 Å². The fraction of sp³-hybridized carbons (Fsp3) is 0.643. The number of pyridine rings is 1. The summed E-state index contributed by atoms with van der Waals surface area (Å²) in [6.45, 7) is 6.69. The summed E-state index contributed by atoms with van der Waals surface area (Å²) in [6, 6.07) is 4.83. The Labute approximate surface area is 118 Å². The van der Waals surface area contributed by atoms with E-state index in [0.717, 1.165) is 29.8 Å². The quantitative estimate of drug-likeness (QED) is 0.927. The Kier molecular flexibility index (Phi) is 5.60. The predicted octanol–water partition coefficient (Wildman–Crippen LogP) is 2.81.